The number of nitrogens with one attached hydrogen (secondary N) is 1. The quantitative estimate of drug-likeness (QED) is 0.701. The molecule has 0 aromatic heterocycles. The summed E-state index contributed by atoms with van der Waals surface area (Å²) >= 11 is 0. The summed E-state index contributed by atoms with van der Waals surface area (Å²) in [6.45, 7) is 4.59. The lowest BCUT2D eigenvalue weighted by Gasteiger charge is -2.33. The van der Waals surface area contributed by atoms with Crippen molar-refractivity contribution >= 4 is 0 Å². The summed E-state index contributed by atoms with van der Waals surface area (Å²) in [5, 5.41) is 12.5. The van der Waals surface area contributed by atoms with E-state index < -0.39 is 0 Å². The van der Waals surface area contributed by atoms with Crippen molar-refractivity contribution < 1.29 is 5.11 Å². The molecular weight excluding hydrogens is 162 g/mol. The second-order valence-electron chi connectivity index (χ2n) is 4.31. The van der Waals surface area contributed by atoms with Gasteiger partial charge in [0.2, 0.25) is 0 Å². The third-order valence-corrected chi connectivity index (χ3v) is 3.21. The van der Waals surface area contributed by atoms with Crippen molar-refractivity contribution in [2.45, 2.75) is 58.0 Å². The molecule has 1 aliphatic rings. The van der Waals surface area contributed by atoms with Crippen LogP contribution < -0.4 is 5.32 Å². The van der Waals surface area contributed by atoms with Crippen LogP contribution in [-0.2, 0) is 0 Å². The van der Waals surface area contributed by atoms with Gasteiger partial charge in [0.15, 0.2) is 0 Å². The van der Waals surface area contributed by atoms with Gasteiger partial charge in [0, 0.05) is 12.1 Å². The molecule has 2 N–H and O–H groups in total. The van der Waals surface area contributed by atoms with Gasteiger partial charge in [0.05, 0.1) is 6.61 Å². The van der Waals surface area contributed by atoms with Crippen molar-refractivity contribution in [1.29, 1.82) is 0 Å². The van der Waals surface area contributed by atoms with Crippen LogP contribution in [0, 0.1) is 5.92 Å². The molecule has 0 saturated heterocycles. The molecule has 0 bridgehead atoms. The molecule has 1 fully saturated rings. The monoisotopic (exact) mass is 185 g/mol. The van der Waals surface area contributed by atoms with Gasteiger partial charge in [0.25, 0.3) is 0 Å². The van der Waals surface area contributed by atoms with E-state index in [-0.39, 0.29) is 12.6 Å². The van der Waals surface area contributed by atoms with E-state index in [0.717, 1.165) is 5.92 Å². The van der Waals surface area contributed by atoms with Gasteiger partial charge in [-0.2, -0.15) is 0 Å². The topological polar surface area (TPSA) is 32.3 Å². The molecule has 1 aliphatic carbocycles. The van der Waals surface area contributed by atoms with E-state index in [2.05, 4.69) is 19.2 Å². The first-order valence-corrected chi connectivity index (χ1v) is 5.64. The first-order chi connectivity index (χ1) is 6.27. The smallest absolute Gasteiger partial charge is 0.0582 e. The van der Waals surface area contributed by atoms with Crippen molar-refractivity contribution in [2.24, 2.45) is 5.92 Å². The van der Waals surface area contributed by atoms with E-state index in [9.17, 15) is 0 Å². The van der Waals surface area contributed by atoms with Crippen LogP contribution in [0.5, 0.6) is 0 Å². The van der Waals surface area contributed by atoms with Gasteiger partial charge in [-0.25, -0.2) is 0 Å². The fraction of sp³-hybridized carbons (Fsp3) is 1.00. The minimum atomic E-state index is 0.257. The Labute approximate surface area is 81.7 Å². The van der Waals surface area contributed by atoms with Crippen molar-refractivity contribution in [3.63, 3.8) is 0 Å². The van der Waals surface area contributed by atoms with Gasteiger partial charge in [-0.05, 0) is 25.7 Å². The number of hydrogen-bond acceptors (Lipinski definition) is 2. The Balaban J connectivity index is 2.35. The van der Waals surface area contributed by atoms with Crippen molar-refractivity contribution in [1.82, 2.24) is 5.32 Å². The van der Waals surface area contributed by atoms with Crippen molar-refractivity contribution in [2.75, 3.05) is 6.61 Å². The maximum absolute atomic E-state index is 8.96. The molecule has 2 unspecified atom stereocenters. The van der Waals surface area contributed by atoms with Gasteiger partial charge in [-0.1, -0.05) is 26.2 Å². The van der Waals surface area contributed by atoms with E-state index in [1.165, 1.54) is 32.1 Å². The fourth-order valence-electron chi connectivity index (χ4n) is 2.33. The van der Waals surface area contributed by atoms with Crippen LogP contribution in [0.25, 0.3) is 0 Å². The Morgan fingerprint density at radius 3 is 2.69 bits per heavy atom. The molecule has 1 saturated carbocycles. The molecule has 3 atom stereocenters. The lowest BCUT2D eigenvalue weighted by molar-refractivity contribution is 0.194. The summed E-state index contributed by atoms with van der Waals surface area (Å²) in [5.41, 5.74) is 0. The largest absolute Gasteiger partial charge is 0.395 e. The number of aliphatic hydroxyl groups is 1. The van der Waals surface area contributed by atoms with Gasteiger partial charge in [-0.15, -0.1) is 0 Å². The summed E-state index contributed by atoms with van der Waals surface area (Å²) in [4.78, 5) is 0. The zero-order valence-electron chi connectivity index (χ0n) is 8.92. The van der Waals surface area contributed by atoms with Crippen LogP contribution in [0.1, 0.15) is 46.0 Å². The maximum Gasteiger partial charge on any atom is 0.0582 e. The SMILES string of the molecule is CCC1CCCCC1N[C@H](C)CO. The number of rotatable bonds is 4. The van der Waals surface area contributed by atoms with Crippen LogP contribution in [0.15, 0.2) is 0 Å². The highest BCUT2D eigenvalue weighted by molar-refractivity contribution is 4.81. The van der Waals surface area contributed by atoms with E-state index in [0.29, 0.717) is 6.04 Å². The zero-order valence-corrected chi connectivity index (χ0v) is 8.92. The summed E-state index contributed by atoms with van der Waals surface area (Å²) in [6, 6.07) is 0.915. The Morgan fingerprint density at radius 1 is 1.38 bits per heavy atom. The van der Waals surface area contributed by atoms with Crippen molar-refractivity contribution in [3.8, 4) is 0 Å². The highest BCUT2D eigenvalue weighted by Gasteiger charge is 2.24. The van der Waals surface area contributed by atoms with Gasteiger partial charge in [-0.3, -0.25) is 0 Å². The average Bonchev–Trinajstić information content (AvgIpc) is 2.18. The minimum absolute atomic E-state index is 0.257. The Hall–Kier alpha value is -0.0800. The molecule has 0 aliphatic heterocycles. The molecule has 2 nitrogen and oxygen atoms in total. The first kappa shape index (κ1) is 11.0. The van der Waals surface area contributed by atoms with Crippen LogP contribution >= 0.6 is 0 Å². The predicted molar refractivity (Wildman–Crippen MR) is 55.7 cm³/mol. The standard InChI is InChI=1S/C11H23NO/c1-3-10-6-4-5-7-11(10)12-9(2)8-13/h9-13H,3-8H2,1-2H3/t9-,10?,11?/m1/s1. The molecule has 0 spiro atoms. The molecule has 78 valence electrons. The molecule has 0 aromatic rings. The Kier molecular flexibility index (Phi) is 4.74. The van der Waals surface area contributed by atoms with Crippen LogP contribution in [0.2, 0.25) is 0 Å². The minimum Gasteiger partial charge on any atom is -0.395 e. The highest BCUT2D eigenvalue weighted by atomic mass is 16.3. The Morgan fingerprint density at radius 2 is 2.08 bits per heavy atom. The van der Waals surface area contributed by atoms with Crippen LogP contribution in [0.3, 0.4) is 0 Å². The zero-order chi connectivity index (χ0) is 9.68. The van der Waals surface area contributed by atoms with E-state index in [1.807, 2.05) is 0 Å². The number of aliphatic hydroxyl groups excluding tert-OH is 1. The molecule has 0 aromatic carbocycles. The average molecular weight is 185 g/mol. The molecule has 13 heavy (non-hydrogen) atoms. The molecular formula is C11H23NO. The Bertz CT molecular complexity index is 138. The molecule has 0 amide bonds. The maximum atomic E-state index is 8.96. The van der Waals surface area contributed by atoms with E-state index >= 15 is 0 Å². The first-order valence-electron chi connectivity index (χ1n) is 5.64. The van der Waals surface area contributed by atoms with Gasteiger partial charge in [0.1, 0.15) is 0 Å². The van der Waals surface area contributed by atoms with E-state index in [4.69, 9.17) is 5.11 Å². The van der Waals surface area contributed by atoms with Crippen LogP contribution in [0.4, 0.5) is 0 Å². The second-order valence-corrected chi connectivity index (χ2v) is 4.31. The normalized spacial score (nSPS) is 31.6. The third kappa shape index (κ3) is 3.28. The molecule has 0 radical (unpaired) electrons. The van der Waals surface area contributed by atoms with Crippen LogP contribution in [-0.4, -0.2) is 23.8 Å². The number of hydrogen-bond donors (Lipinski definition) is 2. The third-order valence-electron chi connectivity index (χ3n) is 3.21. The highest BCUT2D eigenvalue weighted by Crippen LogP contribution is 2.26. The van der Waals surface area contributed by atoms with Gasteiger partial charge < -0.3 is 10.4 Å². The lowest BCUT2D eigenvalue weighted by atomic mass is 9.82. The molecule has 0 heterocycles. The summed E-state index contributed by atoms with van der Waals surface area (Å²) in [6.07, 6.45) is 6.68. The van der Waals surface area contributed by atoms with Gasteiger partial charge >= 0.3 is 0 Å². The fourth-order valence-corrected chi connectivity index (χ4v) is 2.33. The second kappa shape index (κ2) is 5.61. The lowest BCUT2D eigenvalue weighted by Crippen LogP contribution is -2.44. The van der Waals surface area contributed by atoms with Crippen molar-refractivity contribution in [3.05, 3.63) is 0 Å². The molecule has 2 heteroatoms. The summed E-state index contributed by atoms with van der Waals surface area (Å²) in [7, 11) is 0. The van der Waals surface area contributed by atoms with E-state index in [1.54, 1.807) is 0 Å². The predicted octanol–water partition coefficient (Wildman–Crippen LogP) is 1.93. The molecule has 1 rings (SSSR count). The summed E-state index contributed by atoms with van der Waals surface area (Å²) in [5.74, 6) is 0.836. The summed E-state index contributed by atoms with van der Waals surface area (Å²) < 4.78 is 0.